The Morgan fingerprint density at radius 3 is 2.43 bits per heavy atom. The molecule has 3 aromatic carbocycles. The summed E-state index contributed by atoms with van der Waals surface area (Å²) in [4.78, 5) is 25.9. The first-order valence-electron chi connectivity index (χ1n) is 13.3. The van der Waals surface area contributed by atoms with Gasteiger partial charge in [-0.25, -0.2) is 23.7 Å². The summed E-state index contributed by atoms with van der Waals surface area (Å²) in [5.41, 5.74) is 4.29. The molecule has 7 aromatic rings. The number of carbonyl (C=O) groups is 1. The van der Waals surface area contributed by atoms with Gasteiger partial charge in [-0.15, -0.1) is 5.10 Å². The summed E-state index contributed by atoms with van der Waals surface area (Å²) >= 11 is 0. The van der Waals surface area contributed by atoms with Gasteiger partial charge in [0.25, 0.3) is 5.91 Å². The number of carbonyl (C=O) groups excluding carboxylic acids is 1. The number of halogens is 2. The maximum Gasteiger partial charge on any atom is 0.261 e. The number of benzene rings is 3. The fraction of sp³-hybridized carbons (Fsp3) is 0. The van der Waals surface area contributed by atoms with E-state index in [0.29, 0.717) is 45.4 Å². The first-order valence-corrected chi connectivity index (χ1v) is 13.3. The number of hydrogen-bond acceptors (Lipinski definition) is 8. The van der Waals surface area contributed by atoms with Gasteiger partial charge in [0.2, 0.25) is 5.95 Å². The van der Waals surface area contributed by atoms with Crippen molar-refractivity contribution in [1.29, 1.82) is 0 Å². The van der Waals surface area contributed by atoms with Crippen molar-refractivity contribution in [1.82, 2.24) is 29.8 Å². The second-order valence-corrected chi connectivity index (χ2v) is 9.59. The fourth-order valence-corrected chi connectivity index (χ4v) is 4.80. The number of fused-ring (bicyclic) bond motifs is 1. The molecule has 0 bridgehead atoms. The Morgan fingerprint density at radius 1 is 0.841 bits per heavy atom. The van der Waals surface area contributed by atoms with Crippen molar-refractivity contribution < 1.29 is 18.0 Å². The first-order chi connectivity index (χ1) is 21.5. The summed E-state index contributed by atoms with van der Waals surface area (Å²) in [6, 6.07) is 23.0. The van der Waals surface area contributed by atoms with Crippen LogP contribution in [0, 0.1) is 11.6 Å². The highest BCUT2D eigenvalue weighted by molar-refractivity contribution is 6.05. The molecule has 2 N–H and O–H groups in total. The van der Waals surface area contributed by atoms with E-state index in [1.54, 1.807) is 55.0 Å². The maximum atomic E-state index is 14.2. The zero-order valence-electron chi connectivity index (χ0n) is 22.6. The number of rotatable bonds is 7. The van der Waals surface area contributed by atoms with Crippen LogP contribution >= 0.6 is 0 Å². The summed E-state index contributed by atoms with van der Waals surface area (Å²) in [6.45, 7) is 0. The van der Waals surface area contributed by atoms with Gasteiger partial charge in [-0.2, -0.15) is 9.73 Å². The third-order valence-corrected chi connectivity index (χ3v) is 6.75. The topological polar surface area (TPSA) is 123 Å². The molecule has 1 amide bonds. The Hall–Kier alpha value is -6.30. The first kappa shape index (κ1) is 26.6. The van der Waals surface area contributed by atoms with E-state index in [0.717, 1.165) is 23.4 Å². The van der Waals surface area contributed by atoms with E-state index in [2.05, 4.69) is 25.7 Å². The maximum absolute atomic E-state index is 14.2. The molecule has 0 aliphatic rings. The van der Waals surface area contributed by atoms with Crippen LogP contribution in [0.4, 0.5) is 26.1 Å². The minimum Gasteiger partial charge on any atom is -0.444 e. The van der Waals surface area contributed by atoms with Crippen molar-refractivity contribution in [3.05, 3.63) is 127 Å². The Kier molecular flexibility index (Phi) is 6.75. The lowest BCUT2D eigenvalue weighted by molar-refractivity contribution is 0.101. The highest BCUT2D eigenvalue weighted by Gasteiger charge is 2.21. The van der Waals surface area contributed by atoms with Gasteiger partial charge < -0.3 is 15.1 Å². The molecule has 0 atom stereocenters. The number of nitrogens with one attached hydrogen (secondary N) is 2. The van der Waals surface area contributed by atoms with Crippen LogP contribution in [0.2, 0.25) is 0 Å². The van der Waals surface area contributed by atoms with E-state index in [4.69, 9.17) is 14.5 Å². The van der Waals surface area contributed by atoms with Crippen molar-refractivity contribution >= 4 is 28.7 Å². The molecular formula is C32H20F2N8O2. The van der Waals surface area contributed by atoms with E-state index in [-0.39, 0.29) is 0 Å². The zero-order chi connectivity index (χ0) is 30.0. The third kappa shape index (κ3) is 5.11. The van der Waals surface area contributed by atoms with Gasteiger partial charge in [-0.05, 0) is 54.6 Å². The standard InChI is InChI=1S/C32H20F2N8O2/c33-23-9-3-10-24(34)28(23)31(43)38-21-7-2-6-20(16-21)30-29(26-11-4-13-37-42(26)41-30)25-12-14-36-32(40-25)39-22-8-1-5-19(15-22)27-17-35-18-44-27/h1-18H,(H,38,43)(H,36,39,40). The van der Waals surface area contributed by atoms with Crippen LogP contribution in [0.1, 0.15) is 10.4 Å². The molecular weight excluding hydrogens is 566 g/mol. The van der Waals surface area contributed by atoms with Crippen molar-refractivity contribution in [2.45, 2.75) is 0 Å². The summed E-state index contributed by atoms with van der Waals surface area (Å²) in [5, 5.41) is 14.9. The van der Waals surface area contributed by atoms with Gasteiger partial charge in [0.05, 0.1) is 23.0 Å². The van der Waals surface area contributed by atoms with Gasteiger partial charge in [0, 0.05) is 34.9 Å². The second-order valence-electron chi connectivity index (χ2n) is 9.59. The predicted molar refractivity (Wildman–Crippen MR) is 159 cm³/mol. The van der Waals surface area contributed by atoms with Crippen LogP contribution in [-0.2, 0) is 0 Å². The largest absolute Gasteiger partial charge is 0.444 e. The van der Waals surface area contributed by atoms with Crippen LogP contribution in [0.5, 0.6) is 0 Å². The molecule has 4 heterocycles. The predicted octanol–water partition coefficient (Wildman–Crippen LogP) is 6.78. The molecule has 7 rings (SSSR count). The number of aromatic nitrogens is 6. The second kappa shape index (κ2) is 11.2. The van der Waals surface area contributed by atoms with Gasteiger partial charge in [0.1, 0.15) is 22.9 Å². The molecule has 214 valence electrons. The number of nitrogens with zero attached hydrogens (tertiary/aromatic N) is 6. The Bertz CT molecular complexity index is 2130. The average molecular weight is 587 g/mol. The summed E-state index contributed by atoms with van der Waals surface area (Å²) in [6.07, 6.45) is 6.25. The number of anilines is 3. The molecule has 0 saturated heterocycles. The minimum absolute atomic E-state index is 0.322. The van der Waals surface area contributed by atoms with E-state index in [1.807, 2.05) is 30.3 Å². The summed E-state index contributed by atoms with van der Waals surface area (Å²) in [5.74, 6) is -1.84. The molecule has 0 aliphatic carbocycles. The number of oxazole rings is 1. The lowest BCUT2D eigenvalue weighted by Gasteiger charge is -2.10. The van der Waals surface area contributed by atoms with Crippen molar-refractivity contribution in [3.63, 3.8) is 0 Å². The summed E-state index contributed by atoms with van der Waals surface area (Å²) < 4.78 is 35.3. The van der Waals surface area contributed by atoms with Crippen LogP contribution < -0.4 is 10.6 Å². The Morgan fingerprint density at radius 2 is 1.61 bits per heavy atom. The van der Waals surface area contributed by atoms with Gasteiger partial charge in [-0.1, -0.05) is 30.3 Å². The molecule has 12 heteroatoms. The van der Waals surface area contributed by atoms with Gasteiger partial charge in [-0.3, -0.25) is 4.79 Å². The SMILES string of the molecule is O=C(Nc1cccc(-c2nn3ncccc3c2-c2ccnc(Nc3cccc(-c4cnco4)c3)n2)c1)c1c(F)cccc1F. The van der Waals surface area contributed by atoms with Crippen molar-refractivity contribution in [3.8, 4) is 33.8 Å². The van der Waals surface area contributed by atoms with Gasteiger partial charge in [0.15, 0.2) is 12.2 Å². The molecule has 10 nitrogen and oxygen atoms in total. The highest BCUT2D eigenvalue weighted by Crippen LogP contribution is 2.35. The third-order valence-electron chi connectivity index (χ3n) is 6.75. The van der Waals surface area contributed by atoms with E-state index in [1.165, 1.54) is 17.1 Å². The fourth-order valence-electron chi connectivity index (χ4n) is 4.80. The Balaban J connectivity index is 1.24. The van der Waals surface area contributed by atoms with Crippen molar-refractivity contribution in [2.75, 3.05) is 10.6 Å². The molecule has 44 heavy (non-hydrogen) atoms. The molecule has 0 spiro atoms. The van der Waals surface area contributed by atoms with E-state index >= 15 is 0 Å². The Labute approximate surface area is 248 Å². The minimum atomic E-state index is -0.953. The lowest BCUT2D eigenvalue weighted by atomic mass is 10.0. The number of hydrogen-bond donors (Lipinski definition) is 2. The van der Waals surface area contributed by atoms with Crippen LogP contribution in [-0.4, -0.2) is 35.7 Å². The lowest BCUT2D eigenvalue weighted by Crippen LogP contribution is -2.15. The highest BCUT2D eigenvalue weighted by atomic mass is 19.1. The molecule has 0 fully saturated rings. The number of amides is 1. The molecule has 4 aromatic heterocycles. The van der Waals surface area contributed by atoms with Crippen molar-refractivity contribution in [2.24, 2.45) is 0 Å². The van der Waals surface area contributed by atoms with E-state index < -0.39 is 23.1 Å². The molecule has 0 radical (unpaired) electrons. The molecule has 0 saturated carbocycles. The zero-order valence-corrected chi connectivity index (χ0v) is 22.6. The summed E-state index contributed by atoms with van der Waals surface area (Å²) in [7, 11) is 0. The average Bonchev–Trinajstić information content (AvgIpc) is 3.71. The van der Waals surface area contributed by atoms with Crippen LogP contribution in [0.3, 0.4) is 0 Å². The van der Waals surface area contributed by atoms with Crippen LogP contribution in [0.25, 0.3) is 39.4 Å². The normalized spacial score (nSPS) is 11.0. The van der Waals surface area contributed by atoms with E-state index in [9.17, 15) is 13.6 Å². The van der Waals surface area contributed by atoms with Crippen LogP contribution in [0.15, 0.2) is 114 Å². The molecule has 0 unspecified atom stereocenters. The smallest absolute Gasteiger partial charge is 0.261 e. The quantitative estimate of drug-likeness (QED) is 0.210. The molecule has 0 aliphatic heterocycles. The monoisotopic (exact) mass is 586 g/mol. The van der Waals surface area contributed by atoms with Gasteiger partial charge >= 0.3 is 0 Å².